The molecule has 0 heterocycles. The first kappa shape index (κ1) is 9.99. The molecule has 1 fully saturated rings. The molecular formula is C11H13BrO2. The number of aliphatic hydroxyl groups is 1. The Morgan fingerprint density at radius 3 is 2.71 bits per heavy atom. The summed E-state index contributed by atoms with van der Waals surface area (Å²) >= 11 is 3.27. The lowest BCUT2D eigenvalue weighted by Crippen LogP contribution is -2.07. The fraction of sp³-hybridized carbons (Fsp3) is 0.455. The molecular weight excluding hydrogens is 244 g/mol. The zero-order valence-corrected chi connectivity index (χ0v) is 9.42. The van der Waals surface area contributed by atoms with Crippen LogP contribution in [-0.2, 0) is 6.42 Å². The van der Waals surface area contributed by atoms with E-state index in [4.69, 9.17) is 0 Å². The summed E-state index contributed by atoms with van der Waals surface area (Å²) in [6.45, 7) is 0. The standard InChI is InChI=1S/C11H13BrO2/c12-9-3-1-2-8(10(9)13)4-5-11(14)6-7-11/h1-3,13-14H,4-7H2. The lowest BCUT2D eigenvalue weighted by molar-refractivity contribution is 0.140. The Hall–Kier alpha value is -0.540. The second kappa shape index (κ2) is 3.55. The Labute approximate surface area is 91.7 Å². The Bertz CT molecular complexity index is 345. The summed E-state index contributed by atoms with van der Waals surface area (Å²) in [6.07, 6.45) is 3.29. The maximum Gasteiger partial charge on any atom is 0.132 e. The topological polar surface area (TPSA) is 40.5 Å². The molecule has 0 atom stereocenters. The Kier molecular flexibility index (Phi) is 2.54. The molecule has 2 rings (SSSR count). The van der Waals surface area contributed by atoms with Gasteiger partial charge in [0.25, 0.3) is 0 Å². The minimum atomic E-state index is -0.436. The highest BCUT2D eigenvalue weighted by atomic mass is 79.9. The molecule has 0 unspecified atom stereocenters. The van der Waals surface area contributed by atoms with Crippen molar-refractivity contribution in [3.63, 3.8) is 0 Å². The van der Waals surface area contributed by atoms with Crippen molar-refractivity contribution >= 4 is 15.9 Å². The minimum Gasteiger partial charge on any atom is -0.506 e. The molecule has 76 valence electrons. The molecule has 2 N–H and O–H groups in total. The van der Waals surface area contributed by atoms with E-state index >= 15 is 0 Å². The van der Waals surface area contributed by atoms with Gasteiger partial charge in [0.2, 0.25) is 0 Å². The molecule has 14 heavy (non-hydrogen) atoms. The summed E-state index contributed by atoms with van der Waals surface area (Å²) in [6, 6.07) is 5.60. The third-order valence-electron chi connectivity index (χ3n) is 2.76. The van der Waals surface area contributed by atoms with Crippen molar-refractivity contribution in [3.8, 4) is 5.75 Å². The molecule has 1 aliphatic carbocycles. The van der Waals surface area contributed by atoms with E-state index in [1.54, 1.807) is 0 Å². The zero-order valence-electron chi connectivity index (χ0n) is 7.83. The van der Waals surface area contributed by atoms with Crippen LogP contribution < -0.4 is 0 Å². The van der Waals surface area contributed by atoms with Gasteiger partial charge in [0.15, 0.2) is 0 Å². The van der Waals surface area contributed by atoms with E-state index in [9.17, 15) is 10.2 Å². The number of phenols is 1. The first-order valence-electron chi connectivity index (χ1n) is 4.79. The number of halogens is 1. The van der Waals surface area contributed by atoms with Crippen molar-refractivity contribution in [2.24, 2.45) is 0 Å². The summed E-state index contributed by atoms with van der Waals surface area (Å²) in [4.78, 5) is 0. The number of hydrogen-bond acceptors (Lipinski definition) is 2. The molecule has 1 aliphatic rings. The first-order valence-corrected chi connectivity index (χ1v) is 5.59. The Balaban J connectivity index is 2.05. The van der Waals surface area contributed by atoms with Crippen molar-refractivity contribution in [2.75, 3.05) is 0 Å². The Morgan fingerprint density at radius 1 is 1.36 bits per heavy atom. The highest BCUT2D eigenvalue weighted by Gasteiger charge is 2.39. The number of rotatable bonds is 3. The van der Waals surface area contributed by atoms with Crippen molar-refractivity contribution in [1.82, 2.24) is 0 Å². The van der Waals surface area contributed by atoms with E-state index < -0.39 is 5.60 Å². The number of aryl methyl sites for hydroxylation is 1. The molecule has 1 aromatic carbocycles. The zero-order chi connectivity index (χ0) is 10.2. The maximum atomic E-state index is 9.69. The van der Waals surface area contributed by atoms with Crippen LogP contribution in [0.4, 0.5) is 0 Å². The van der Waals surface area contributed by atoms with Gasteiger partial charge in [-0.2, -0.15) is 0 Å². The maximum absolute atomic E-state index is 9.69. The third kappa shape index (κ3) is 2.10. The van der Waals surface area contributed by atoms with Crippen LogP contribution in [0.5, 0.6) is 5.75 Å². The number of aromatic hydroxyl groups is 1. The number of benzene rings is 1. The highest BCUT2D eigenvalue weighted by molar-refractivity contribution is 9.10. The van der Waals surface area contributed by atoms with Crippen molar-refractivity contribution in [3.05, 3.63) is 28.2 Å². The number of hydrogen-bond donors (Lipinski definition) is 2. The van der Waals surface area contributed by atoms with E-state index in [2.05, 4.69) is 15.9 Å². The van der Waals surface area contributed by atoms with E-state index in [0.29, 0.717) is 5.75 Å². The van der Waals surface area contributed by atoms with Crippen LogP contribution in [0.25, 0.3) is 0 Å². The van der Waals surface area contributed by atoms with Gasteiger partial charge in [0.1, 0.15) is 5.75 Å². The van der Waals surface area contributed by atoms with Crippen molar-refractivity contribution in [2.45, 2.75) is 31.3 Å². The molecule has 0 saturated heterocycles. The van der Waals surface area contributed by atoms with Gasteiger partial charge in [-0.25, -0.2) is 0 Å². The number of para-hydroxylation sites is 1. The van der Waals surface area contributed by atoms with Crippen LogP contribution in [-0.4, -0.2) is 15.8 Å². The van der Waals surface area contributed by atoms with Gasteiger partial charge in [-0.1, -0.05) is 12.1 Å². The monoisotopic (exact) mass is 256 g/mol. The molecule has 3 heteroatoms. The highest BCUT2D eigenvalue weighted by Crippen LogP contribution is 2.40. The average Bonchev–Trinajstić information content (AvgIpc) is 2.88. The van der Waals surface area contributed by atoms with Crippen LogP contribution >= 0.6 is 15.9 Å². The molecule has 1 saturated carbocycles. The lowest BCUT2D eigenvalue weighted by Gasteiger charge is -2.09. The van der Waals surface area contributed by atoms with Gasteiger partial charge < -0.3 is 10.2 Å². The summed E-state index contributed by atoms with van der Waals surface area (Å²) in [5.74, 6) is 0.303. The number of phenolic OH excluding ortho intramolecular Hbond substituents is 1. The molecule has 0 bridgehead atoms. The predicted molar refractivity (Wildman–Crippen MR) is 58.3 cm³/mol. The van der Waals surface area contributed by atoms with Gasteiger partial charge in [-0.15, -0.1) is 0 Å². The summed E-state index contributed by atoms with van der Waals surface area (Å²) in [5, 5.41) is 19.3. The molecule has 2 nitrogen and oxygen atoms in total. The fourth-order valence-electron chi connectivity index (χ4n) is 1.52. The largest absolute Gasteiger partial charge is 0.506 e. The molecule has 0 spiro atoms. The van der Waals surface area contributed by atoms with Gasteiger partial charge in [-0.3, -0.25) is 0 Å². The van der Waals surface area contributed by atoms with Gasteiger partial charge in [-0.05, 0) is 53.2 Å². The molecule has 0 amide bonds. The molecule has 1 aromatic rings. The average molecular weight is 257 g/mol. The predicted octanol–water partition coefficient (Wildman–Crippen LogP) is 2.61. The van der Waals surface area contributed by atoms with Gasteiger partial charge in [0, 0.05) is 0 Å². The second-order valence-electron chi connectivity index (χ2n) is 3.97. The molecule has 0 aromatic heterocycles. The molecule has 0 radical (unpaired) electrons. The molecule has 0 aliphatic heterocycles. The van der Waals surface area contributed by atoms with Crippen LogP contribution in [0.15, 0.2) is 22.7 Å². The summed E-state index contributed by atoms with van der Waals surface area (Å²) < 4.78 is 0.720. The SMILES string of the molecule is Oc1c(Br)cccc1CCC1(O)CC1. The van der Waals surface area contributed by atoms with Crippen molar-refractivity contribution < 1.29 is 10.2 Å². The van der Waals surface area contributed by atoms with Crippen LogP contribution in [0.3, 0.4) is 0 Å². The van der Waals surface area contributed by atoms with Gasteiger partial charge in [0.05, 0.1) is 10.1 Å². The van der Waals surface area contributed by atoms with E-state index in [1.807, 2.05) is 18.2 Å². The Morgan fingerprint density at radius 2 is 2.07 bits per heavy atom. The fourth-order valence-corrected chi connectivity index (χ4v) is 1.93. The normalized spacial score (nSPS) is 18.1. The quantitative estimate of drug-likeness (QED) is 0.873. The van der Waals surface area contributed by atoms with Crippen LogP contribution in [0, 0.1) is 0 Å². The smallest absolute Gasteiger partial charge is 0.132 e. The van der Waals surface area contributed by atoms with Crippen LogP contribution in [0.2, 0.25) is 0 Å². The third-order valence-corrected chi connectivity index (χ3v) is 3.40. The minimum absolute atomic E-state index is 0.303. The first-order chi connectivity index (χ1) is 6.61. The van der Waals surface area contributed by atoms with E-state index in [-0.39, 0.29) is 0 Å². The van der Waals surface area contributed by atoms with Crippen LogP contribution in [0.1, 0.15) is 24.8 Å². The summed E-state index contributed by atoms with van der Waals surface area (Å²) in [7, 11) is 0. The lowest BCUT2D eigenvalue weighted by atomic mass is 10.1. The van der Waals surface area contributed by atoms with E-state index in [0.717, 1.165) is 35.7 Å². The second-order valence-corrected chi connectivity index (χ2v) is 4.83. The van der Waals surface area contributed by atoms with Crippen molar-refractivity contribution in [1.29, 1.82) is 0 Å². The van der Waals surface area contributed by atoms with E-state index in [1.165, 1.54) is 0 Å². The van der Waals surface area contributed by atoms with Gasteiger partial charge >= 0.3 is 0 Å². The summed E-state index contributed by atoms with van der Waals surface area (Å²) in [5.41, 5.74) is 0.467.